The molecule has 0 saturated carbocycles. The first-order chi connectivity index (χ1) is 12.5. The summed E-state index contributed by atoms with van der Waals surface area (Å²) in [6.07, 6.45) is 0. The van der Waals surface area contributed by atoms with Gasteiger partial charge in [-0.1, -0.05) is 36.8 Å². The highest BCUT2D eigenvalue weighted by Gasteiger charge is 2.36. The average molecular weight is 388 g/mol. The minimum atomic E-state index is -0.430. The highest BCUT2D eigenvalue weighted by Crippen LogP contribution is 2.24. The van der Waals surface area contributed by atoms with Gasteiger partial charge < -0.3 is 10.6 Å². The van der Waals surface area contributed by atoms with Gasteiger partial charge in [0.2, 0.25) is 5.91 Å². The van der Waals surface area contributed by atoms with Crippen molar-refractivity contribution in [2.45, 2.75) is 20.4 Å². The predicted molar refractivity (Wildman–Crippen MR) is 106 cm³/mol. The van der Waals surface area contributed by atoms with Gasteiger partial charge in [0.25, 0.3) is 11.8 Å². The Labute approximate surface area is 164 Å². The van der Waals surface area contributed by atoms with E-state index in [2.05, 4.69) is 10.6 Å². The minimum absolute atomic E-state index is 0. The zero-order chi connectivity index (χ0) is 18.7. The molecule has 0 radical (unpaired) electrons. The number of nitrogens with zero attached hydrogens (tertiary/aromatic N) is 1. The lowest BCUT2D eigenvalue weighted by Gasteiger charge is -2.15. The lowest BCUT2D eigenvalue weighted by molar-refractivity contribution is -0.116. The fraction of sp³-hybridized carbons (Fsp3) is 0.250. The van der Waals surface area contributed by atoms with Gasteiger partial charge in [-0.3, -0.25) is 19.3 Å². The van der Waals surface area contributed by atoms with E-state index >= 15 is 0 Å². The van der Waals surface area contributed by atoms with E-state index in [1.54, 1.807) is 24.3 Å². The van der Waals surface area contributed by atoms with Crippen LogP contribution in [0.2, 0.25) is 0 Å². The second-order valence-corrected chi connectivity index (χ2v) is 6.23. The van der Waals surface area contributed by atoms with E-state index in [1.807, 2.05) is 32.0 Å². The molecule has 6 nitrogen and oxygen atoms in total. The number of anilines is 1. The summed E-state index contributed by atoms with van der Waals surface area (Å²) >= 11 is 0. The second-order valence-electron chi connectivity index (χ2n) is 6.23. The molecule has 1 aliphatic heterocycles. The summed E-state index contributed by atoms with van der Waals surface area (Å²) in [6.45, 7) is 5.00. The van der Waals surface area contributed by atoms with Gasteiger partial charge in [-0.25, -0.2) is 0 Å². The molecule has 0 atom stereocenters. The Morgan fingerprint density at radius 2 is 1.74 bits per heavy atom. The standard InChI is InChI=1S/C20H21N3O3.ClH/c1-3-21-11-14-6-4-5-7-17(14)22-18(24)12-23-19(25)15-9-8-13(2)10-16(15)20(23)26;/h4-10,21H,3,11-12H2,1-2H3,(H,22,24);1H. The largest absolute Gasteiger partial charge is 0.324 e. The van der Waals surface area contributed by atoms with E-state index in [-0.39, 0.29) is 19.0 Å². The van der Waals surface area contributed by atoms with Crippen LogP contribution in [0.5, 0.6) is 0 Å². The lowest BCUT2D eigenvalue weighted by Crippen LogP contribution is -2.37. The van der Waals surface area contributed by atoms with Crippen molar-refractivity contribution in [1.82, 2.24) is 10.2 Å². The summed E-state index contributed by atoms with van der Waals surface area (Å²) in [5, 5.41) is 6.01. The van der Waals surface area contributed by atoms with Crippen molar-refractivity contribution in [3.8, 4) is 0 Å². The van der Waals surface area contributed by atoms with Crippen molar-refractivity contribution in [3.05, 3.63) is 64.7 Å². The molecule has 0 saturated heterocycles. The Kier molecular flexibility index (Phi) is 6.71. The molecule has 7 heteroatoms. The summed E-state index contributed by atoms with van der Waals surface area (Å²) < 4.78 is 0. The minimum Gasteiger partial charge on any atom is -0.324 e. The highest BCUT2D eigenvalue weighted by molar-refractivity contribution is 6.22. The zero-order valence-corrected chi connectivity index (χ0v) is 16.1. The van der Waals surface area contributed by atoms with Crippen LogP contribution in [0.3, 0.4) is 0 Å². The number of fused-ring (bicyclic) bond motifs is 1. The Hall–Kier alpha value is -2.70. The third kappa shape index (κ3) is 4.35. The molecule has 2 N–H and O–H groups in total. The van der Waals surface area contributed by atoms with E-state index in [0.29, 0.717) is 23.4 Å². The van der Waals surface area contributed by atoms with Crippen molar-refractivity contribution < 1.29 is 14.4 Å². The molecule has 1 heterocycles. The number of amides is 3. The van der Waals surface area contributed by atoms with E-state index < -0.39 is 17.7 Å². The summed E-state index contributed by atoms with van der Waals surface area (Å²) in [5.41, 5.74) is 3.22. The number of hydrogen-bond acceptors (Lipinski definition) is 4. The number of imide groups is 1. The Balaban J connectivity index is 0.00000261. The average Bonchev–Trinajstić information content (AvgIpc) is 2.85. The van der Waals surface area contributed by atoms with Crippen LogP contribution in [0.25, 0.3) is 0 Å². The normalized spacial score (nSPS) is 12.6. The number of carbonyl (C=O) groups excluding carboxylic acids is 3. The molecule has 0 fully saturated rings. The molecule has 2 aromatic carbocycles. The fourth-order valence-electron chi connectivity index (χ4n) is 2.94. The van der Waals surface area contributed by atoms with Gasteiger partial charge in [-0.15, -0.1) is 12.4 Å². The van der Waals surface area contributed by atoms with Crippen LogP contribution in [0, 0.1) is 6.92 Å². The first-order valence-electron chi connectivity index (χ1n) is 8.56. The second kappa shape index (κ2) is 8.79. The Morgan fingerprint density at radius 3 is 2.48 bits per heavy atom. The number of carbonyl (C=O) groups is 3. The van der Waals surface area contributed by atoms with E-state index in [9.17, 15) is 14.4 Å². The van der Waals surface area contributed by atoms with Crippen LogP contribution in [0.15, 0.2) is 42.5 Å². The SMILES string of the molecule is CCNCc1ccccc1NC(=O)CN1C(=O)c2ccc(C)cc2C1=O.Cl. The van der Waals surface area contributed by atoms with E-state index in [0.717, 1.165) is 22.6 Å². The number of nitrogens with one attached hydrogen (secondary N) is 2. The molecule has 27 heavy (non-hydrogen) atoms. The molecule has 3 rings (SSSR count). The lowest BCUT2D eigenvalue weighted by atomic mass is 10.1. The van der Waals surface area contributed by atoms with Crippen molar-refractivity contribution in [3.63, 3.8) is 0 Å². The number of hydrogen-bond donors (Lipinski definition) is 2. The van der Waals surface area contributed by atoms with Crippen molar-refractivity contribution in [1.29, 1.82) is 0 Å². The predicted octanol–water partition coefficient (Wildman–Crippen LogP) is 2.76. The smallest absolute Gasteiger partial charge is 0.262 e. The quantitative estimate of drug-likeness (QED) is 0.747. The topological polar surface area (TPSA) is 78.5 Å². The molecule has 0 aliphatic carbocycles. The van der Waals surface area contributed by atoms with Crippen molar-refractivity contribution in [2.75, 3.05) is 18.4 Å². The Bertz CT molecular complexity index is 883. The first kappa shape index (κ1) is 20.6. The molecule has 1 aliphatic rings. The van der Waals surface area contributed by atoms with E-state index in [4.69, 9.17) is 0 Å². The molecule has 142 valence electrons. The summed E-state index contributed by atoms with van der Waals surface area (Å²) in [7, 11) is 0. The molecular weight excluding hydrogens is 366 g/mol. The summed E-state index contributed by atoms with van der Waals surface area (Å²) in [4.78, 5) is 38.3. The summed E-state index contributed by atoms with van der Waals surface area (Å²) in [6, 6.07) is 12.5. The molecule has 3 amide bonds. The van der Waals surface area contributed by atoms with Crippen molar-refractivity contribution >= 4 is 35.8 Å². The highest BCUT2D eigenvalue weighted by atomic mass is 35.5. The number of benzene rings is 2. The van der Waals surface area contributed by atoms with Crippen LogP contribution < -0.4 is 10.6 Å². The van der Waals surface area contributed by atoms with Crippen LogP contribution in [0.4, 0.5) is 5.69 Å². The molecule has 0 aromatic heterocycles. The monoisotopic (exact) mass is 387 g/mol. The molecule has 2 aromatic rings. The maximum absolute atomic E-state index is 12.5. The zero-order valence-electron chi connectivity index (χ0n) is 15.2. The van der Waals surface area contributed by atoms with Crippen LogP contribution in [-0.4, -0.2) is 35.7 Å². The van der Waals surface area contributed by atoms with Gasteiger partial charge in [-0.05, 0) is 37.2 Å². The maximum atomic E-state index is 12.5. The van der Waals surface area contributed by atoms with Gasteiger partial charge in [-0.2, -0.15) is 0 Å². The van der Waals surface area contributed by atoms with Crippen LogP contribution in [0.1, 0.15) is 38.8 Å². The molecule has 0 bridgehead atoms. The fourth-order valence-corrected chi connectivity index (χ4v) is 2.94. The Morgan fingerprint density at radius 1 is 1.04 bits per heavy atom. The first-order valence-corrected chi connectivity index (χ1v) is 8.56. The van der Waals surface area contributed by atoms with Gasteiger partial charge in [0.1, 0.15) is 6.54 Å². The molecule has 0 spiro atoms. The third-order valence-electron chi connectivity index (χ3n) is 4.28. The van der Waals surface area contributed by atoms with Crippen molar-refractivity contribution in [2.24, 2.45) is 0 Å². The van der Waals surface area contributed by atoms with Crippen LogP contribution >= 0.6 is 12.4 Å². The summed E-state index contributed by atoms with van der Waals surface area (Å²) in [5.74, 6) is -1.26. The van der Waals surface area contributed by atoms with Gasteiger partial charge in [0.05, 0.1) is 11.1 Å². The van der Waals surface area contributed by atoms with Gasteiger partial charge in [0.15, 0.2) is 0 Å². The maximum Gasteiger partial charge on any atom is 0.262 e. The number of halogens is 1. The molecular formula is C20H22ClN3O3. The number of para-hydroxylation sites is 1. The van der Waals surface area contributed by atoms with Gasteiger partial charge in [0, 0.05) is 12.2 Å². The number of rotatable bonds is 6. The third-order valence-corrected chi connectivity index (χ3v) is 4.28. The van der Waals surface area contributed by atoms with Gasteiger partial charge >= 0.3 is 0 Å². The number of aryl methyl sites for hydroxylation is 1. The molecule has 0 unspecified atom stereocenters. The van der Waals surface area contributed by atoms with Crippen LogP contribution in [-0.2, 0) is 11.3 Å². The van der Waals surface area contributed by atoms with E-state index in [1.165, 1.54) is 0 Å².